The number of rotatable bonds is 2. The van der Waals surface area contributed by atoms with E-state index in [9.17, 15) is 19.1 Å². The molecule has 6 heteroatoms. The van der Waals surface area contributed by atoms with Crippen molar-refractivity contribution in [3.05, 3.63) is 35.1 Å². The largest absolute Gasteiger partial charge is 0.481 e. The zero-order chi connectivity index (χ0) is 17.3. The number of aliphatic carboxylic acids is 1. The molecule has 3 atom stereocenters. The van der Waals surface area contributed by atoms with Crippen molar-refractivity contribution in [2.75, 3.05) is 13.1 Å². The van der Waals surface area contributed by atoms with Crippen LogP contribution >= 0.6 is 0 Å². The normalized spacial score (nSPS) is 26.6. The maximum Gasteiger partial charge on any atom is 0.317 e. The molecule has 0 saturated carbocycles. The number of halogens is 1. The number of carbonyl (C=O) groups is 2. The Morgan fingerprint density at radius 3 is 2.88 bits per heavy atom. The zero-order valence-electron chi connectivity index (χ0n) is 13.8. The SMILES string of the molecule is CC1CC(C(=O)O)CN(C(=O)N[C@H]2CCCc3ccc(F)cc32)C1. The van der Waals surface area contributed by atoms with Crippen LogP contribution in [0.4, 0.5) is 9.18 Å². The lowest BCUT2D eigenvalue weighted by Crippen LogP contribution is -2.50. The van der Waals surface area contributed by atoms with Crippen LogP contribution in [0.1, 0.15) is 43.4 Å². The van der Waals surface area contributed by atoms with E-state index in [1.807, 2.05) is 6.92 Å². The van der Waals surface area contributed by atoms with Gasteiger partial charge in [-0.1, -0.05) is 13.0 Å². The van der Waals surface area contributed by atoms with Gasteiger partial charge in [0.15, 0.2) is 0 Å². The van der Waals surface area contributed by atoms with E-state index in [1.165, 1.54) is 12.1 Å². The quantitative estimate of drug-likeness (QED) is 0.873. The lowest BCUT2D eigenvalue weighted by atomic mass is 9.87. The molecule has 1 heterocycles. The monoisotopic (exact) mass is 334 g/mol. The summed E-state index contributed by atoms with van der Waals surface area (Å²) in [6.07, 6.45) is 3.20. The summed E-state index contributed by atoms with van der Waals surface area (Å²) >= 11 is 0. The Labute approximate surface area is 140 Å². The molecule has 1 aromatic carbocycles. The summed E-state index contributed by atoms with van der Waals surface area (Å²) in [5.74, 6) is -1.52. The van der Waals surface area contributed by atoms with Crippen LogP contribution in [0.25, 0.3) is 0 Å². The number of carboxylic acids is 1. The number of hydrogen-bond donors (Lipinski definition) is 2. The van der Waals surface area contributed by atoms with Gasteiger partial charge < -0.3 is 15.3 Å². The van der Waals surface area contributed by atoms with Crippen molar-refractivity contribution >= 4 is 12.0 Å². The van der Waals surface area contributed by atoms with Crippen LogP contribution in [-0.4, -0.2) is 35.1 Å². The molecule has 24 heavy (non-hydrogen) atoms. The molecule has 1 fully saturated rings. The summed E-state index contributed by atoms with van der Waals surface area (Å²) in [5, 5.41) is 12.2. The molecule has 1 saturated heterocycles. The number of fused-ring (bicyclic) bond motifs is 1. The Hall–Kier alpha value is -2.11. The smallest absolute Gasteiger partial charge is 0.317 e. The van der Waals surface area contributed by atoms with E-state index in [0.717, 1.165) is 30.4 Å². The maximum atomic E-state index is 13.6. The first-order valence-corrected chi connectivity index (χ1v) is 8.50. The van der Waals surface area contributed by atoms with Gasteiger partial charge in [-0.2, -0.15) is 0 Å². The number of piperidine rings is 1. The third-order valence-corrected chi connectivity index (χ3v) is 5.02. The molecule has 5 nitrogen and oxygen atoms in total. The minimum Gasteiger partial charge on any atom is -0.481 e. The third kappa shape index (κ3) is 3.52. The highest BCUT2D eigenvalue weighted by atomic mass is 19.1. The summed E-state index contributed by atoms with van der Waals surface area (Å²) in [6.45, 7) is 2.74. The van der Waals surface area contributed by atoms with Crippen LogP contribution in [-0.2, 0) is 11.2 Å². The van der Waals surface area contributed by atoms with Crippen LogP contribution < -0.4 is 5.32 Å². The molecule has 0 spiro atoms. The van der Waals surface area contributed by atoms with Crippen LogP contribution in [0, 0.1) is 17.7 Å². The van der Waals surface area contributed by atoms with E-state index >= 15 is 0 Å². The summed E-state index contributed by atoms with van der Waals surface area (Å²) in [4.78, 5) is 25.4. The van der Waals surface area contributed by atoms with Crippen molar-refractivity contribution in [3.8, 4) is 0 Å². The maximum absolute atomic E-state index is 13.6. The van der Waals surface area contributed by atoms with Crippen LogP contribution in [0.2, 0.25) is 0 Å². The lowest BCUT2D eigenvalue weighted by Gasteiger charge is -2.36. The zero-order valence-corrected chi connectivity index (χ0v) is 13.8. The number of amides is 2. The molecule has 2 N–H and O–H groups in total. The number of aryl methyl sites for hydroxylation is 1. The van der Waals surface area contributed by atoms with Gasteiger partial charge in [0.05, 0.1) is 12.0 Å². The van der Waals surface area contributed by atoms with Crippen molar-refractivity contribution < 1.29 is 19.1 Å². The molecule has 0 aromatic heterocycles. The van der Waals surface area contributed by atoms with E-state index < -0.39 is 11.9 Å². The van der Waals surface area contributed by atoms with Gasteiger partial charge in [0.1, 0.15) is 5.82 Å². The minimum atomic E-state index is -0.857. The summed E-state index contributed by atoms with van der Waals surface area (Å²) in [5.41, 5.74) is 1.91. The molecular weight excluding hydrogens is 311 g/mol. The van der Waals surface area contributed by atoms with Crippen LogP contribution in [0.5, 0.6) is 0 Å². The lowest BCUT2D eigenvalue weighted by molar-refractivity contribution is -0.143. The first-order chi connectivity index (χ1) is 11.4. The Bertz CT molecular complexity index is 649. The average Bonchev–Trinajstić information content (AvgIpc) is 2.54. The Morgan fingerprint density at radius 2 is 2.12 bits per heavy atom. The molecule has 2 unspecified atom stereocenters. The molecular formula is C18H23FN2O3. The molecule has 130 valence electrons. The number of hydrogen-bond acceptors (Lipinski definition) is 2. The highest BCUT2D eigenvalue weighted by Crippen LogP contribution is 2.31. The molecule has 1 aliphatic carbocycles. The number of nitrogens with zero attached hydrogens (tertiary/aromatic N) is 1. The molecule has 1 aromatic rings. The Kier molecular flexibility index (Phi) is 4.73. The van der Waals surface area contributed by atoms with Crippen molar-refractivity contribution in [2.24, 2.45) is 11.8 Å². The Balaban J connectivity index is 1.71. The van der Waals surface area contributed by atoms with Gasteiger partial charge in [-0.15, -0.1) is 0 Å². The first kappa shape index (κ1) is 16.7. The number of nitrogens with one attached hydrogen (secondary N) is 1. The van der Waals surface area contributed by atoms with Gasteiger partial charge >= 0.3 is 12.0 Å². The molecule has 3 rings (SSSR count). The van der Waals surface area contributed by atoms with E-state index in [1.54, 1.807) is 11.0 Å². The molecule has 2 amide bonds. The molecule has 2 aliphatic rings. The molecule has 1 aliphatic heterocycles. The van der Waals surface area contributed by atoms with Crippen molar-refractivity contribution in [1.29, 1.82) is 0 Å². The number of benzene rings is 1. The number of urea groups is 1. The van der Waals surface area contributed by atoms with Gasteiger partial charge in [0.25, 0.3) is 0 Å². The minimum absolute atomic E-state index is 0.154. The van der Waals surface area contributed by atoms with Crippen molar-refractivity contribution in [3.63, 3.8) is 0 Å². The summed E-state index contributed by atoms with van der Waals surface area (Å²) in [6, 6.07) is 4.27. The summed E-state index contributed by atoms with van der Waals surface area (Å²) in [7, 11) is 0. The molecule has 0 radical (unpaired) electrons. The fraction of sp³-hybridized carbons (Fsp3) is 0.556. The summed E-state index contributed by atoms with van der Waals surface area (Å²) < 4.78 is 13.6. The van der Waals surface area contributed by atoms with E-state index in [0.29, 0.717) is 13.0 Å². The van der Waals surface area contributed by atoms with Gasteiger partial charge in [-0.25, -0.2) is 9.18 Å². The van der Waals surface area contributed by atoms with E-state index in [2.05, 4.69) is 5.32 Å². The highest BCUT2D eigenvalue weighted by molar-refractivity contribution is 5.77. The number of likely N-dealkylation sites (tertiary alicyclic amines) is 1. The first-order valence-electron chi connectivity index (χ1n) is 8.50. The average molecular weight is 334 g/mol. The topological polar surface area (TPSA) is 69.6 Å². The van der Waals surface area contributed by atoms with Gasteiger partial charge in [-0.3, -0.25) is 4.79 Å². The predicted molar refractivity (Wildman–Crippen MR) is 87.1 cm³/mol. The van der Waals surface area contributed by atoms with Gasteiger partial charge in [0, 0.05) is 13.1 Å². The van der Waals surface area contributed by atoms with E-state index in [4.69, 9.17) is 0 Å². The van der Waals surface area contributed by atoms with Gasteiger partial charge in [0.2, 0.25) is 0 Å². The van der Waals surface area contributed by atoms with Gasteiger partial charge in [-0.05, 0) is 54.9 Å². The fourth-order valence-corrected chi connectivity index (χ4v) is 3.86. The highest BCUT2D eigenvalue weighted by Gasteiger charge is 2.33. The van der Waals surface area contributed by atoms with Crippen LogP contribution in [0.15, 0.2) is 18.2 Å². The fourth-order valence-electron chi connectivity index (χ4n) is 3.86. The van der Waals surface area contributed by atoms with Crippen molar-refractivity contribution in [2.45, 2.75) is 38.6 Å². The second-order valence-corrected chi connectivity index (χ2v) is 7.02. The second kappa shape index (κ2) is 6.79. The van der Waals surface area contributed by atoms with Crippen molar-refractivity contribution in [1.82, 2.24) is 10.2 Å². The number of carboxylic acid groups (broad SMARTS) is 1. The predicted octanol–water partition coefficient (Wildman–Crippen LogP) is 2.96. The Morgan fingerprint density at radius 1 is 1.33 bits per heavy atom. The number of carbonyl (C=O) groups excluding carboxylic acids is 1. The molecule has 0 bridgehead atoms. The second-order valence-electron chi connectivity index (χ2n) is 7.02. The standard InChI is InChI=1S/C18H23FN2O3/c1-11-7-13(17(22)23)10-21(9-11)18(24)20-16-4-2-3-12-5-6-14(19)8-15(12)16/h5-6,8,11,13,16H,2-4,7,9-10H2,1H3,(H,20,24)(H,22,23)/t11?,13?,16-/m0/s1. The van der Waals surface area contributed by atoms with Crippen LogP contribution in [0.3, 0.4) is 0 Å². The van der Waals surface area contributed by atoms with E-state index in [-0.39, 0.29) is 30.4 Å². The third-order valence-electron chi connectivity index (χ3n) is 5.02.